The number of unbranched alkanes of at least 4 members (excludes halogenated alkanes) is 1. The first-order valence-electron chi connectivity index (χ1n) is 9.32. The average molecular weight is 410 g/mol. The summed E-state index contributed by atoms with van der Waals surface area (Å²) in [6.07, 6.45) is 4.84. The summed E-state index contributed by atoms with van der Waals surface area (Å²) in [5, 5.41) is 13.4. The second kappa shape index (κ2) is 11.1. The molecule has 0 aliphatic heterocycles. The van der Waals surface area contributed by atoms with Gasteiger partial charge in [-0.15, -0.1) is 0 Å². The molecule has 30 heavy (non-hydrogen) atoms. The van der Waals surface area contributed by atoms with E-state index in [9.17, 15) is 24.5 Å². The first-order valence-corrected chi connectivity index (χ1v) is 9.32. The van der Waals surface area contributed by atoms with Gasteiger partial charge in [-0.05, 0) is 54.5 Å². The molecule has 0 spiro atoms. The minimum Gasteiger partial charge on any atom is -0.326 e. The van der Waals surface area contributed by atoms with Crippen molar-refractivity contribution in [2.75, 3.05) is 5.32 Å². The van der Waals surface area contributed by atoms with Crippen LogP contribution >= 0.6 is 0 Å². The van der Waals surface area contributed by atoms with E-state index in [1.54, 1.807) is 12.1 Å². The van der Waals surface area contributed by atoms with Crippen molar-refractivity contribution >= 4 is 35.2 Å². The summed E-state index contributed by atoms with van der Waals surface area (Å²) in [5.74, 6) is -1.17. The van der Waals surface area contributed by atoms with Crippen LogP contribution in [0.1, 0.15) is 42.1 Å². The van der Waals surface area contributed by atoms with Gasteiger partial charge in [0.15, 0.2) is 0 Å². The number of benzene rings is 2. The van der Waals surface area contributed by atoms with Gasteiger partial charge in [-0.1, -0.05) is 13.3 Å². The Balaban J connectivity index is 1.82. The van der Waals surface area contributed by atoms with Gasteiger partial charge in [-0.2, -0.15) is 0 Å². The number of carbonyl (C=O) groups is 3. The minimum absolute atomic E-state index is 0.0459. The van der Waals surface area contributed by atoms with Crippen molar-refractivity contribution in [1.29, 1.82) is 0 Å². The molecule has 0 atom stereocenters. The van der Waals surface area contributed by atoms with Crippen molar-refractivity contribution in [3.8, 4) is 0 Å². The van der Waals surface area contributed by atoms with E-state index in [2.05, 4.69) is 16.2 Å². The molecule has 3 N–H and O–H groups in total. The lowest BCUT2D eigenvalue weighted by Crippen LogP contribution is -2.40. The summed E-state index contributed by atoms with van der Waals surface area (Å²) in [7, 11) is 0. The van der Waals surface area contributed by atoms with Crippen molar-refractivity contribution in [3.63, 3.8) is 0 Å². The van der Waals surface area contributed by atoms with E-state index in [1.807, 2.05) is 6.92 Å². The molecule has 9 nitrogen and oxygen atoms in total. The fourth-order valence-electron chi connectivity index (χ4n) is 2.38. The smallest absolute Gasteiger partial charge is 0.269 e. The van der Waals surface area contributed by atoms with E-state index in [0.29, 0.717) is 23.2 Å². The normalized spacial score (nSPS) is 10.4. The molecule has 2 aromatic rings. The molecule has 3 amide bonds. The number of hydrogen-bond acceptors (Lipinski definition) is 5. The molecule has 0 aromatic heterocycles. The van der Waals surface area contributed by atoms with Crippen LogP contribution in [0, 0.1) is 10.1 Å². The number of nitrogens with zero attached hydrogens (tertiary/aromatic N) is 1. The van der Waals surface area contributed by atoms with Gasteiger partial charge in [0.2, 0.25) is 5.91 Å². The maximum absolute atomic E-state index is 12.1. The summed E-state index contributed by atoms with van der Waals surface area (Å²) in [6, 6.07) is 11.9. The number of non-ortho nitro benzene ring substituents is 1. The Morgan fingerprint density at radius 2 is 1.67 bits per heavy atom. The van der Waals surface area contributed by atoms with Crippen LogP contribution in [0.2, 0.25) is 0 Å². The SMILES string of the molecule is CCCCC(=O)Nc1ccc(C(=O)NNC(=O)/C=C/c2ccc([N+](=O)[O-])cc2)cc1. The van der Waals surface area contributed by atoms with E-state index in [-0.39, 0.29) is 11.6 Å². The third-order valence-electron chi connectivity index (χ3n) is 4.02. The van der Waals surface area contributed by atoms with Crippen LogP contribution in [-0.2, 0) is 9.59 Å². The molecule has 0 radical (unpaired) electrons. The number of hydrogen-bond donors (Lipinski definition) is 3. The van der Waals surface area contributed by atoms with Gasteiger partial charge in [0.05, 0.1) is 4.92 Å². The van der Waals surface area contributed by atoms with E-state index in [4.69, 9.17) is 0 Å². The zero-order valence-corrected chi connectivity index (χ0v) is 16.4. The summed E-state index contributed by atoms with van der Waals surface area (Å²) < 4.78 is 0. The molecular formula is C21H22N4O5. The Labute approximate surface area is 173 Å². The largest absolute Gasteiger partial charge is 0.326 e. The number of rotatable bonds is 8. The average Bonchev–Trinajstić information content (AvgIpc) is 2.75. The van der Waals surface area contributed by atoms with Crippen molar-refractivity contribution in [1.82, 2.24) is 10.9 Å². The minimum atomic E-state index is -0.568. The molecule has 2 aromatic carbocycles. The van der Waals surface area contributed by atoms with Crippen molar-refractivity contribution < 1.29 is 19.3 Å². The van der Waals surface area contributed by atoms with Gasteiger partial charge in [-0.3, -0.25) is 35.3 Å². The van der Waals surface area contributed by atoms with Crippen LogP contribution < -0.4 is 16.2 Å². The predicted molar refractivity (Wildman–Crippen MR) is 112 cm³/mol. The number of nitrogens with one attached hydrogen (secondary N) is 3. The predicted octanol–water partition coefficient (Wildman–Crippen LogP) is 3.20. The van der Waals surface area contributed by atoms with Crippen LogP contribution in [0.25, 0.3) is 6.08 Å². The van der Waals surface area contributed by atoms with Crippen molar-refractivity contribution in [2.45, 2.75) is 26.2 Å². The highest BCUT2D eigenvalue weighted by atomic mass is 16.6. The number of nitro groups is 1. The zero-order valence-electron chi connectivity index (χ0n) is 16.4. The van der Waals surface area contributed by atoms with E-state index >= 15 is 0 Å². The summed E-state index contributed by atoms with van der Waals surface area (Å²) in [5.41, 5.74) is 5.97. The molecule has 2 rings (SSSR count). The van der Waals surface area contributed by atoms with Gasteiger partial charge in [0.25, 0.3) is 17.5 Å². The van der Waals surface area contributed by atoms with Crippen LogP contribution in [-0.4, -0.2) is 22.6 Å². The molecule has 9 heteroatoms. The van der Waals surface area contributed by atoms with Gasteiger partial charge in [0.1, 0.15) is 0 Å². The molecule has 0 aliphatic rings. The number of hydrazine groups is 1. The Hall–Kier alpha value is -4.01. The second-order valence-corrected chi connectivity index (χ2v) is 6.35. The van der Waals surface area contributed by atoms with Crippen molar-refractivity contribution in [3.05, 3.63) is 75.8 Å². The summed E-state index contributed by atoms with van der Waals surface area (Å²) >= 11 is 0. The molecule has 0 unspecified atom stereocenters. The Bertz CT molecular complexity index is 937. The lowest BCUT2D eigenvalue weighted by atomic mass is 10.2. The monoisotopic (exact) mass is 410 g/mol. The first kappa shape index (κ1) is 22.3. The summed E-state index contributed by atoms with van der Waals surface area (Å²) in [4.78, 5) is 45.7. The van der Waals surface area contributed by atoms with Gasteiger partial charge >= 0.3 is 0 Å². The highest BCUT2D eigenvalue weighted by Gasteiger charge is 2.08. The third-order valence-corrected chi connectivity index (χ3v) is 4.02. The Kier molecular flexibility index (Phi) is 8.25. The number of nitro benzene ring substituents is 1. The van der Waals surface area contributed by atoms with E-state index in [0.717, 1.165) is 12.8 Å². The molecule has 0 fully saturated rings. The van der Waals surface area contributed by atoms with Crippen LogP contribution in [0.5, 0.6) is 0 Å². The Morgan fingerprint density at radius 1 is 1.00 bits per heavy atom. The molecule has 0 aliphatic carbocycles. The van der Waals surface area contributed by atoms with Gasteiger partial charge in [-0.25, -0.2) is 0 Å². The molecule has 0 saturated heterocycles. The van der Waals surface area contributed by atoms with Crippen LogP contribution in [0.15, 0.2) is 54.6 Å². The number of amides is 3. The first-order chi connectivity index (χ1) is 14.4. The molecule has 0 saturated carbocycles. The fraction of sp³-hybridized carbons (Fsp3) is 0.190. The second-order valence-electron chi connectivity index (χ2n) is 6.35. The lowest BCUT2D eigenvalue weighted by molar-refractivity contribution is -0.384. The fourth-order valence-corrected chi connectivity index (χ4v) is 2.38. The van der Waals surface area contributed by atoms with E-state index in [1.165, 1.54) is 48.6 Å². The third kappa shape index (κ3) is 7.19. The molecular weight excluding hydrogens is 388 g/mol. The van der Waals surface area contributed by atoms with Gasteiger partial charge < -0.3 is 5.32 Å². The lowest BCUT2D eigenvalue weighted by Gasteiger charge is -2.07. The maximum Gasteiger partial charge on any atom is 0.269 e. The Morgan fingerprint density at radius 3 is 2.27 bits per heavy atom. The number of anilines is 1. The molecule has 156 valence electrons. The van der Waals surface area contributed by atoms with Gasteiger partial charge in [0, 0.05) is 35.9 Å². The van der Waals surface area contributed by atoms with Crippen LogP contribution in [0.4, 0.5) is 11.4 Å². The van der Waals surface area contributed by atoms with Crippen molar-refractivity contribution in [2.24, 2.45) is 0 Å². The maximum atomic E-state index is 12.1. The highest BCUT2D eigenvalue weighted by molar-refractivity contribution is 5.98. The number of carbonyl (C=O) groups excluding carboxylic acids is 3. The summed E-state index contributed by atoms with van der Waals surface area (Å²) in [6.45, 7) is 2.00. The van der Waals surface area contributed by atoms with E-state index < -0.39 is 16.7 Å². The molecule has 0 heterocycles. The quantitative estimate of drug-likeness (QED) is 0.349. The highest BCUT2D eigenvalue weighted by Crippen LogP contribution is 2.13. The zero-order chi connectivity index (χ0) is 21.9. The standard InChI is InChI=1S/C21H22N4O5/c1-2-3-4-19(26)22-17-10-8-16(9-11-17)21(28)24-23-20(27)14-7-15-5-12-18(13-6-15)25(29)30/h5-14H,2-4H2,1H3,(H,22,26)(H,23,27)(H,24,28)/b14-7+. The topological polar surface area (TPSA) is 130 Å². The van der Waals surface area contributed by atoms with Crippen LogP contribution in [0.3, 0.4) is 0 Å². The molecule has 0 bridgehead atoms.